The van der Waals surface area contributed by atoms with Gasteiger partial charge in [0.2, 0.25) is 5.91 Å². The molecule has 0 saturated heterocycles. The predicted molar refractivity (Wildman–Crippen MR) is 94.3 cm³/mol. The smallest absolute Gasteiger partial charge is 0.249 e. The number of nitrogens with one attached hydrogen (secondary N) is 1. The molecular weight excluding hydrogens is 304 g/mol. The molecule has 1 aliphatic rings. The maximum Gasteiger partial charge on any atom is 0.249 e. The Morgan fingerprint density at radius 3 is 2.91 bits per heavy atom. The Hall–Kier alpha value is -2.38. The molecule has 1 aromatic heterocycles. The molecule has 2 aromatic rings. The molecule has 0 spiro atoms. The summed E-state index contributed by atoms with van der Waals surface area (Å²) in [7, 11) is 0. The first-order valence-electron chi connectivity index (χ1n) is 7.76. The minimum absolute atomic E-state index is 0.197. The molecule has 0 fully saturated rings. The third-order valence-electron chi connectivity index (χ3n) is 4.09. The largest absolute Gasteiger partial charge is 0.313 e. The number of amides is 1. The van der Waals surface area contributed by atoms with Crippen LogP contribution in [-0.4, -0.2) is 5.91 Å². The van der Waals surface area contributed by atoms with Crippen LogP contribution in [-0.2, 0) is 17.6 Å². The highest BCUT2D eigenvalue weighted by molar-refractivity contribution is 7.16. The van der Waals surface area contributed by atoms with Crippen LogP contribution in [0.1, 0.15) is 34.9 Å². The monoisotopic (exact) mass is 322 g/mol. The summed E-state index contributed by atoms with van der Waals surface area (Å²) in [6.07, 6.45) is 6.34. The number of carbonyl (C=O) groups is 1. The highest BCUT2D eigenvalue weighted by Crippen LogP contribution is 2.39. The van der Waals surface area contributed by atoms with Crippen molar-refractivity contribution in [2.24, 2.45) is 5.92 Å². The molecule has 1 atom stereocenters. The van der Waals surface area contributed by atoms with Gasteiger partial charge in [-0.1, -0.05) is 37.3 Å². The summed E-state index contributed by atoms with van der Waals surface area (Å²) in [5, 5.41) is 13.0. The van der Waals surface area contributed by atoms with Crippen molar-refractivity contribution in [3.63, 3.8) is 0 Å². The molecule has 4 heteroatoms. The highest BCUT2D eigenvalue weighted by Gasteiger charge is 2.24. The van der Waals surface area contributed by atoms with E-state index in [1.165, 1.54) is 11.0 Å². The number of anilines is 1. The van der Waals surface area contributed by atoms with Crippen LogP contribution in [0.4, 0.5) is 5.00 Å². The second kappa shape index (κ2) is 6.80. The number of fused-ring (bicyclic) bond motifs is 1. The molecular formula is C19H18N2OS. The summed E-state index contributed by atoms with van der Waals surface area (Å²) in [6, 6.07) is 11.9. The second-order valence-electron chi connectivity index (χ2n) is 5.90. The Bertz CT molecular complexity index is 784. The van der Waals surface area contributed by atoms with Crippen LogP contribution >= 0.6 is 11.3 Å². The van der Waals surface area contributed by atoms with E-state index in [-0.39, 0.29) is 5.91 Å². The third-order valence-corrected chi connectivity index (χ3v) is 5.26. The van der Waals surface area contributed by atoms with Crippen molar-refractivity contribution in [3.8, 4) is 6.07 Å². The Kier molecular flexibility index (Phi) is 4.59. The number of hydrogen-bond donors (Lipinski definition) is 1. The van der Waals surface area contributed by atoms with E-state index in [0.29, 0.717) is 16.5 Å². The van der Waals surface area contributed by atoms with Gasteiger partial charge in [0.05, 0.1) is 5.56 Å². The number of benzene rings is 1. The first kappa shape index (κ1) is 15.5. The fraction of sp³-hybridized carbons (Fsp3) is 0.263. The molecule has 0 bridgehead atoms. The molecule has 1 aliphatic carbocycles. The minimum Gasteiger partial charge on any atom is -0.313 e. The quantitative estimate of drug-likeness (QED) is 0.852. The van der Waals surface area contributed by atoms with Crippen LogP contribution in [0.15, 0.2) is 36.4 Å². The molecule has 1 aromatic carbocycles. The first-order chi connectivity index (χ1) is 11.2. The van der Waals surface area contributed by atoms with Crippen molar-refractivity contribution in [2.45, 2.75) is 26.2 Å². The molecule has 1 amide bonds. The maximum absolute atomic E-state index is 12.1. The van der Waals surface area contributed by atoms with Gasteiger partial charge in [-0.2, -0.15) is 5.26 Å². The molecule has 3 nitrogen and oxygen atoms in total. The first-order valence-corrected chi connectivity index (χ1v) is 8.57. The lowest BCUT2D eigenvalue weighted by Gasteiger charge is -2.17. The van der Waals surface area contributed by atoms with E-state index in [4.69, 9.17) is 0 Å². The number of carbonyl (C=O) groups excluding carboxylic acids is 1. The van der Waals surface area contributed by atoms with Crippen LogP contribution < -0.4 is 5.32 Å². The second-order valence-corrected chi connectivity index (χ2v) is 7.01. The molecule has 0 saturated carbocycles. The highest BCUT2D eigenvalue weighted by atomic mass is 32.1. The van der Waals surface area contributed by atoms with Gasteiger partial charge in [-0.05, 0) is 42.4 Å². The van der Waals surface area contributed by atoms with E-state index in [2.05, 4.69) is 18.3 Å². The molecule has 1 heterocycles. The number of nitrogens with zero attached hydrogens (tertiary/aromatic N) is 1. The van der Waals surface area contributed by atoms with Crippen molar-refractivity contribution in [3.05, 3.63) is 58.0 Å². The summed E-state index contributed by atoms with van der Waals surface area (Å²) in [5.41, 5.74) is 2.76. The zero-order valence-electron chi connectivity index (χ0n) is 13.0. The summed E-state index contributed by atoms with van der Waals surface area (Å²) in [5.74, 6) is 0.450. The average molecular weight is 322 g/mol. The molecule has 1 N–H and O–H groups in total. The van der Waals surface area contributed by atoms with E-state index >= 15 is 0 Å². The number of rotatable bonds is 3. The normalized spacial score (nSPS) is 16.8. The Balaban J connectivity index is 1.77. The lowest BCUT2D eigenvalue weighted by Crippen LogP contribution is -2.10. The van der Waals surface area contributed by atoms with Crippen molar-refractivity contribution in [1.29, 1.82) is 5.26 Å². The molecule has 0 aliphatic heterocycles. The third kappa shape index (κ3) is 3.52. The van der Waals surface area contributed by atoms with Crippen LogP contribution in [0, 0.1) is 17.2 Å². The van der Waals surface area contributed by atoms with E-state index in [9.17, 15) is 10.1 Å². The maximum atomic E-state index is 12.1. The van der Waals surface area contributed by atoms with Crippen LogP contribution in [0.25, 0.3) is 6.08 Å². The molecule has 0 unspecified atom stereocenters. The number of hydrogen-bond acceptors (Lipinski definition) is 3. The van der Waals surface area contributed by atoms with Gasteiger partial charge in [-0.25, -0.2) is 0 Å². The summed E-state index contributed by atoms with van der Waals surface area (Å²) < 4.78 is 0. The molecule has 0 radical (unpaired) electrons. The molecule has 3 rings (SSSR count). The van der Waals surface area contributed by atoms with Gasteiger partial charge in [0.25, 0.3) is 0 Å². The van der Waals surface area contributed by atoms with E-state index < -0.39 is 0 Å². The van der Waals surface area contributed by atoms with Crippen molar-refractivity contribution >= 4 is 28.3 Å². The SMILES string of the molecule is C[C@@H]1CCc2c(sc(NC(=O)/C=C/c3ccccc3)c2C#N)C1. The fourth-order valence-electron chi connectivity index (χ4n) is 2.85. The van der Waals surface area contributed by atoms with Crippen LogP contribution in [0.5, 0.6) is 0 Å². The topological polar surface area (TPSA) is 52.9 Å². The zero-order valence-corrected chi connectivity index (χ0v) is 13.8. The Morgan fingerprint density at radius 1 is 1.39 bits per heavy atom. The molecule has 23 heavy (non-hydrogen) atoms. The van der Waals surface area contributed by atoms with Gasteiger partial charge in [0, 0.05) is 11.0 Å². The molecule has 116 valence electrons. The van der Waals surface area contributed by atoms with Crippen molar-refractivity contribution < 1.29 is 4.79 Å². The van der Waals surface area contributed by atoms with Gasteiger partial charge < -0.3 is 5.32 Å². The summed E-state index contributed by atoms with van der Waals surface area (Å²) in [4.78, 5) is 13.4. The number of nitriles is 1. The van der Waals surface area contributed by atoms with E-state index in [0.717, 1.165) is 30.4 Å². The number of thiophene rings is 1. The Morgan fingerprint density at radius 2 is 2.17 bits per heavy atom. The lowest BCUT2D eigenvalue weighted by molar-refractivity contribution is -0.111. The lowest BCUT2D eigenvalue weighted by atomic mass is 9.89. The van der Waals surface area contributed by atoms with E-state index in [1.54, 1.807) is 17.4 Å². The van der Waals surface area contributed by atoms with Crippen LogP contribution in [0.2, 0.25) is 0 Å². The van der Waals surface area contributed by atoms with Gasteiger partial charge in [-0.3, -0.25) is 4.79 Å². The average Bonchev–Trinajstić information content (AvgIpc) is 2.89. The summed E-state index contributed by atoms with van der Waals surface area (Å²) >= 11 is 1.55. The standard InChI is InChI=1S/C19H18N2OS/c1-13-7-9-15-16(12-20)19(23-17(15)11-13)21-18(22)10-8-14-5-3-2-4-6-14/h2-6,8,10,13H,7,9,11H2,1H3,(H,21,22)/b10-8+/t13-/m1/s1. The van der Waals surface area contributed by atoms with Gasteiger partial charge >= 0.3 is 0 Å². The summed E-state index contributed by atoms with van der Waals surface area (Å²) in [6.45, 7) is 2.23. The van der Waals surface area contributed by atoms with Gasteiger partial charge in [-0.15, -0.1) is 11.3 Å². The fourth-order valence-corrected chi connectivity index (χ4v) is 4.21. The van der Waals surface area contributed by atoms with Crippen LogP contribution in [0.3, 0.4) is 0 Å². The van der Waals surface area contributed by atoms with Crippen molar-refractivity contribution in [2.75, 3.05) is 5.32 Å². The van der Waals surface area contributed by atoms with Crippen molar-refractivity contribution in [1.82, 2.24) is 0 Å². The predicted octanol–water partition coefficient (Wildman–Crippen LogP) is 4.40. The zero-order chi connectivity index (χ0) is 16.2. The van der Waals surface area contributed by atoms with E-state index in [1.807, 2.05) is 30.3 Å². The van der Waals surface area contributed by atoms with Gasteiger partial charge in [0.15, 0.2) is 0 Å². The van der Waals surface area contributed by atoms with Gasteiger partial charge in [0.1, 0.15) is 11.1 Å². The minimum atomic E-state index is -0.197. The Labute approximate surface area is 140 Å².